The average molecular weight is 948 g/mol. The van der Waals surface area contributed by atoms with Crippen molar-refractivity contribution in [3.8, 4) is 0 Å². The molecule has 0 atom stereocenters. The minimum absolute atomic E-state index is 0.722. The molecule has 0 aromatic rings. The van der Waals surface area contributed by atoms with E-state index in [-0.39, 0.29) is 0 Å². The Kier molecular flexibility index (Phi) is 21.5. The van der Waals surface area contributed by atoms with Gasteiger partial charge in [-0.1, -0.05) is 224 Å². The Morgan fingerprint density at radius 3 is 0.768 bits per heavy atom. The van der Waals surface area contributed by atoms with Gasteiger partial charge in [-0.15, -0.1) is 0 Å². The summed E-state index contributed by atoms with van der Waals surface area (Å²) in [4.78, 5) is 0. The second-order valence-electron chi connectivity index (χ2n) is 29.3. The highest BCUT2D eigenvalue weighted by atomic mass is 14.5. The van der Waals surface area contributed by atoms with Crippen LogP contribution in [0.1, 0.15) is 309 Å². The lowest BCUT2D eigenvalue weighted by Gasteiger charge is -2.49. The molecule has 0 unspecified atom stereocenters. The second kappa shape index (κ2) is 27.9. The number of allylic oxidation sites excluding steroid dienone is 4. The molecule has 20 aliphatic rings. The van der Waals surface area contributed by atoms with Gasteiger partial charge in [0.15, 0.2) is 0 Å². The van der Waals surface area contributed by atoms with E-state index in [9.17, 15) is 0 Å². The Morgan fingerprint density at radius 1 is 0.246 bits per heavy atom. The van der Waals surface area contributed by atoms with Crippen molar-refractivity contribution in [2.24, 2.45) is 100 Å². The van der Waals surface area contributed by atoms with Gasteiger partial charge in [-0.05, 0) is 209 Å². The van der Waals surface area contributed by atoms with Gasteiger partial charge in [0.25, 0.3) is 0 Å². The van der Waals surface area contributed by atoms with Crippen LogP contribution < -0.4 is 0 Å². The maximum absolute atomic E-state index is 2.48. The molecule has 69 heavy (non-hydrogen) atoms. The Balaban J connectivity index is 0.0000000995. The Labute approximate surface area is 431 Å². The van der Waals surface area contributed by atoms with E-state index in [1.54, 1.807) is 135 Å². The molecule has 14 bridgehead atoms. The Hall–Kier alpha value is -0.520. The van der Waals surface area contributed by atoms with Crippen molar-refractivity contribution in [2.45, 2.75) is 309 Å². The van der Waals surface area contributed by atoms with Crippen LogP contribution in [0.15, 0.2) is 24.3 Å². The van der Waals surface area contributed by atoms with Crippen molar-refractivity contribution in [3.63, 3.8) is 0 Å². The molecule has 0 nitrogen and oxygen atoms in total. The zero-order valence-electron chi connectivity index (χ0n) is 46.6. The van der Waals surface area contributed by atoms with Gasteiger partial charge < -0.3 is 0 Å². The zero-order chi connectivity index (χ0) is 47.1. The van der Waals surface area contributed by atoms with Gasteiger partial charge in [-0.3, -0.25) is 0 Å². The van der Waals surface area contributed by atoms with E-state index < -0.39 is 0 Å². The topological polar surface area (TPSA) is 0 Å². The number of rotatable bonds is 0. The van der Waals surface area contributed by atoms with E-state index in [2.05, 4.69) is 38.2 Å². The van der Waals surface area contributed by atoms with Crippen LogP contribution in [0.4, 0.5) is 0 Å². The molecule has 394 valence electrons. The van der Waals surface area contributed by atoms with Gasteiger partial charge in [-0.2, -0.15) is 0 Å². The summed E-state index contributed by atoms with van der Waals surface area (Å²) in [5.74, 6) is 17.8. The molecule has 0 aromatic carbocycles. The smallest absolute Gasteiger partial charge is 0.0234 e. The first-order chi connectivity index (χ1) is 33.9. The summed E-state index contributed by atoms with van der Waals surface area (Å²) in [6.45, 7) is 4.92. The predicted octanol–water partition coefficient (Wildman–Crippen LogP) is 22.1. The van der Waals surface area contributed by atoms with E-state index in [1.165, 1.54) is 196 Å². The molecule has 0 aliphatic heterocycles. The van der Waals surface area contributed by atoms with Gasteiger partial charge in [0.2, 0.25) is 0 Å². The molecule has 20 aliphatic carbocycles. The third-order valence-corrected chi connectivity index (χ3v) is 23.7. The average Bonchev–Trinajstić information content (AvgIpc) is 3.88. The van der Waals surface area contributed by atoms with Crippen LogP contribution in [-0.2, 0) is 0 Å². The van der Waals surface area contributed by atoms with Gasteiger partial charge in [0.05, 0.1) is 0 Å². The molecule has 0 spiro atoms. The molecule has 0 radical (unpaired) electrons. The first-order valence-corrected chi connectivity index (χ1v) is 33.2. The zero-order valence-corrected chi connectivity index (χ0v) is 46.6. The van der Waals surface area contributed by atoms with Crippen molar-refractivity contribution < 1.29 is 0 Å². The van der Waals surface area contributed by atoms with Crippen LogP contribution in [0.2, 0.25) is 0 Å². The van der Waals surface area contributed by atoms with E-state index in [0.29, 0.717) is 0 Å². The highest BCUT2D eigenvalue weighted by molar-refractivity contribution is 4.98. The number of fused-ring (bicyclic) bond motifs is 18. The minimum atomic E-state index is 0.722. The van der Waals surface area contributed by atoms with E-state index in [0.717, 1.165) is 64.6 Å². The van der Waals surface area contributed by atoms with E-state index in [1.807, 2.05) is 0 Å². The van der Waals surface area contributed by atoms with Crippen molar-refractivity contribution in [2.75, 3.05) is 0 Å². The molecule has 0 saturated heterocycles. The fraction of sp³-hybridized carbons (Fsp3) is 0.942. The lowest BCUT2D eigenvalue weighted by Crippen LogP contribution is -2.38. The van der Waals surface area contributed by atoms with Gasteiger partial charge >= 0.3 is 0 Å². The third-order valence-electron chi connectivity index (χ3n) is 23.7. The largest absolute Gasteiger partial charge is 0.0880 e. The summed E-state index contributed by atoms with van der Waals surface area (Å²) in [7, 11) is 0. The van der Waals surface area contributed by atoms with Crippen molar-refractivity contribution in [3.05, 3.63) is 24.3 Å². The molecule has 0 aromatic heterocycles. The summed E-state index contributed by atoms with van der Waals surface area (Å²) < 4.78 is 0. The molecule has 0 amide bonds. The highest BCUT2D eigenvalue weighted by Gasteiger charge is 2.47. The molecule has 0 heterocycles. The van der Waals surface area contributed by atoms with Crippen LogP contribution in [0, 0.1) is 100 Å². The van der Waals surface area contributed by atoms with E-state index in [4.69, 9.17) is 0 Å². The standard InChI is InChI=1S/2C11H18.C10H16.C10H18.C9H16.C8H14.C7H12.C3H6/c2*1-4-10-6-2-7-11(5-1)9-3-8-10;1-7-2-9-4-8(1)5-10(3-7)6-9;1-2-6-10-8-4-3-7-9(10)5-1;1-9(2)7-3-4-8(9)6-5-7;1-2-8-5-3-7(1)4-6-8;1-2-7-4-3-6(1)5-7;1-2-3-1/h2*1,4,10-11H,2-3,5-9H2;7-10H,1-6H2;9-10H,1-8H2;7-8H,3-6H2,1-2H3;7-8H,1-6H2;6-7H,1-5H2;1-3H2. The van der Waals surface area contributed by atoms with Crippen molar-refractivity contribution in [1.29, 1.82) is 0 Å². The van der Waals surface area contributed by atoms with Crippen LogP contribution in [0.3, 0.4) is 0 Å². The first-order valence-electron chi connectivity index (χ1n) is 33.2. The summed E-state index contributed by atoms with van der Waals surface area (Å²) >= 11 is 0. The number of hydrogen-bond donors (Lipinski definition) is 0. The van der Waals surface area contributed by atoms with Crippen molar-refractivity contribution >= 4 is 0 Å². The molecule has 20 rings (SSSR count). The Bertz CT molecular complexity index is 1260. The predicted molar refractivity (Wildman–Crippen MR) is 300 cm³/mol. The van der Waals surface area contributed by atoms with Gasteiger partial charge in [-0.25, -0.2) is 0 Å². The van der Waals surface area contributed by atoms with Crippen LogP contribution in [0.5, 0.6) is 0 Å². The highest BCUT2D eigenvalue weighted by Crippen LogP contribution is 2.57. The monoisotopic (exact) mass is 947 g/mol. The minimum Gasteiger partial charge on any atom is -0.0880 e. The fourth-order valence-electron chi connectivity index (χ4n) is 19.2. The second-order valence-corrected chi connectivity index (χ2v) is 29.3. The quantitative estimate of drug-likeness (QED) is 0.212. The van der Waals surface area contributed by atoms with Crippen LogP contribution in [-0.4, -0.2) is 0 Å². The van der Waals surface area contributed by atoms with E-state index >= 15 is 0 Å². The Morgan fingerprint density at radius 2 is 0.536 bits per heavy atom. The SMILES string of the molecule is C1=CC2CCCC(C1)CCC2.C1=CC2CCCC(C1)CCC2.C1C2CC3CC1CC(C2)C3.C1CC1.C1CC2CCC1C2.C1CC2CCC1CC2.C1CCC2CCCCC2C1.CC1(C)C2CCC1CC2. The molecular weight excluding hydrogens is 829 g/mol. The molecular formula is C69H118. The summed E-state index contributed by atoms with van der Waals surface area (Å²) in [6.07, 6.45) is 80.2. The third kappa shape index (κ3) is 17.3. The lowest BCUT2D eigenvalue weighted by molar-refractivity contribution is 0.0198. The van der Waals surface area contributed by atoms with Crippen molar-refractivity contribution in [1.82, 2.24) is 0 Å². The molecule has 0 heteroatoms. The maximum atomic E-state index is 2.48. The lowest BCUT2D eigenvalue weighted by atomic mass is 9.56. The normalized spacial score (nSPS) is 43.4. The summed E-state index contributed by atoms with van der Waals surface area (Å²) in [5.41, 5.74) is 0.722. The summed E-state index contributed by atoms with van der Waals surface area (Å²) in [6, 6.07) is 0. The van der Waals surface area contributed by atoms with Gasteiger partial charge in [0, 0.05) is 0 Å². The van der Waals surface area contributed by atoms with Crippen LogP contribution >= 0.6 is 0 Å². The number of hydrogen-bond acceptors (Lipinski definition) is 0. The molecule has 16 saturated carbocycles. The maximum Gasteiger partial charge on any atom is -0.0234 e. The first kappa shape index (κ1) is 53.3. The van der Waals surface area contributed by atoms with Crippen LogP contribution in [0.25, 0.3) is 0 Å². The molecule has 0 N–H and O–H groups in total. The fourth-order valence-corrected chi connectivity index (χ4v) is 19.2. The molecule has 16 fully saturated rings. The van der Waals surface area contributed by atoms with Gasteiger partial charge in [0.1, 0.15) is 0 Å². The summed E-state index contributed by atoms with van der Waals surface area (Å²) in [5, 5.41) is 0.